The fraction of sp³-hybridized carbons (Fsp3) is 0.421. The number of amides is 1. The number of aliphatic hydroxyl groups is 1. The Balaban J connectivity index is 1.88. The van der Waals surface area contributed by atoms with E-state index in [1.807, 2.05) is 18.2 Å². The van der Waals surface area contributed by atoms with E-state index in [4.69, 9.17) is 0 Å². The number of nitrogens with one attached hydrogen (secondary N) is 2. The minimum Gasteiger partial charge on any atom is -0.388 e. The molecule has 1 amide bonds. The normalized spacial score (nSPS) is 13.3. The van der Waals surface area contributed by atoms with Crippen LogP contribution < -0.4 is 10.6 Å². The van der Waals surface area contributed by atoms with Crippen molar-refractivity contribution < 1.29 is 9.90 Å². The van der Waals surface area contributed by atoms with Crippen LogP contribution in [-0.4, -0.2) is 33.4 Å². The van der Waals surface area contributed by atoms with Crippen molar-refractivity contribution in [3.05, 3.63) is 48.2 Å². The molecule has 1 atom stereocenters. The number of rotatable bonds is 8. The fourth-order valence-electron chi connectivity index (χ4n) is 2.23. The van der Waals surface area contributed by atoms with Gasteiger partial charge in [0.05, 0.1) is 5.60 Å². The molecule has 3 N–H and O–H groups in total. The van der Waals surface area contributed by atoms with E-state index in [0.29, 0.717) is 30.4 Å². The van der Waals surface area contributed by atoms with Gasteiger partial charge in [-0.15, -0.1) is 10.2 Å². The number of hydrogen-bond acceptors (Lipinski definition) is 5. The van der Waals surface area contributed by atoms with Gasteiger partial charge in [-0.3, -0.25) is 4.79 Å². The molecule has 6 heteroatoms. The van der Waals surface area contributed by atoms with Gasteiger partial charge in [-0.25, -0.2) is 0 Å². The van der Waals surface area contributed by atoms with Gasteiger partial charge >= 0.3 is 0 Å². The predicted octanol–water partition coefficient (Wildman–Crippen LogP) is 3.33. The molecule has 0 radical (unpaired) electrons. The highest BCUT2D eigenvalue weighted by molar-refractivity contribution is 6.02. The Labute approximate surface area is 148 Å². The first kappa shape index (κ1) is 18.9. The van der Waals surface area contributed by atoms with Gasteiger partial charge in [-0.05, 0) is 49.9 Å². The van der Waals surface area contributed by atoms with Gasteiger partial charge in [0.2, 0.25) is 0 Å². The lowest BCUT2D eigenvalue weighted by Gasteiger charge is -2.24. The maximum atomic E-state index is 12.1. The maximum Gasteiger partial charge on any atom is 0.276 e. The zero-order valence-corrected chi connectivity index (χ0v) is 15.0. The van der Waals surface area contributed by atoms with Crippen molar-refractivity contribution in [3.8, 4) is 0 Å². The van der Waals surface area contributed by atoms with Gasteiger partial charge in [0.15, 0.2) is 5.69 Å². The first-order valence-corrected chi connectivity index (χ1v) is 8.52. The number of carbonyl (C=O) groups is 1. The monoisotopic (exact) mass is 342 g/mol. The van der Waals surface area contributed by atoms with Crippen LogP contribution in [-0.2, 0) is 0 Å². The first-order chi connectivity index (χ1) is 11.9. The second-order valence-corrected chi connectivity index (χ2v) is 6.91. The molecule has 0 saturated heterocycles. The Kier molecular flexibility index (Phi) is 6.47. The van der Waals surface area contributed by atoms with Crippen LogP contribution in [0, 0.1) is 5.92 Å². The second kappa shape index (κ2) is 8.58. The van der Waals surface area contributed by atoms with Crippen LogP contribution in [0.4, 0.5) is 11.5 Å². The average molecular weight is 342 g/mol. The minimum absolute atomic E-state index is 0.237. The third-order valence-electron chi connectivity index (χ3n) is 3.84. The van der Waals surface area contributed by atoms with Crippen molar-refractivity contribution in [1.29, 1.82) is 0 Å². The van der Waals surface area contributed by atoms with E-state index in [-0.39, 0.29) is 11.6 Å². The quantitative estimate of drug-likeness (QED) is 0.685. The van der Waals surface area contributed by atoms with Crippen molar-refractivity contribution >= 4 is 17.4 Å². The van der Waals surface area contributed by atoms with Gasteiger partial charge in [0.25, 0.3) is 5.91 Å². The van der Waals surface area contributed by atoms with Crippen LogP contribution in [0.25, 0.3) is 0 Å². The van der Waals surface area contributed by atoms with E-state index in [1.54, 1.807) is 31.2 Å². The molecule has 0 aliphatic carbocycles. The molecular formula is C19H26N4O2. The van der Waals surface area contributed by atoms with Crippen molar-refractivity contribution in [2.75, 3.05) is 17.2 Å². The molecular weight excluding hydrogens is 316 g/mol. The Bertz CT molecular complexity index is 670. The number of hydrogen-bond donors (Lipinski definition) is 3. The molecule has 2 rings (SSSR count). The Hall–Kier alpha value is -2.47. The molecule has 0 saturated carbocycles. The topological polar surface area (TPSA) is 87.1 Å². The molecule has 25 heavy (non-hydrogen) atoms. The largest absolute Gasteiger partial charge is 0.388 e. The molecule has 0 fully saturated rings. The van der Waals surface area contributed by atoms with E-state index in [2.05, 4.69) is 34.7 Å². The number of aromatic nitrogens is 2. The van der Waals surface area contributed by atoms with Crippen molar-refractivity contribution in [1.82, 2.24) is 10.2 Å². The summed E-state index contributed by atoms with van der Waals surface area (Å²) in [5.41, 5.74) is 0.133. The number of anilines is 2. The van der Waals surface area contributed by atoms with Gasteiger partial charge in [-0.2, -0.15) is 0 Å². The van der Waals surface area contributed by atoms with Crippen molar-refractivity contribution in [2.24, 2.45) is 5.92 Å². The second-order valence-electron chi connectivity index (χ2n) is 6.91. The lowest BCUT2D eigenvalue weighted by atomic mass is 9.95. The zero-order valence-electron chi connectivity index (χ0n) is 15.0. The van der Waals surface area contributed by atoms with Crippen LogP contribution in [0.5, 0.6) is 0 Å². The Morgan fingerprint density at radius 2 is 1.88 bits per heavy atom. The number of carbonyl (C=O) groups excluding carboxylic acids is 1. The summed E-state index contributed by atoms with van der Waals surface area (Å²) >= 11 is 0. The lowest BCUT2D eigenvalue weighted by Crippen LogP contribution is -2.34. The standard InChI is InChI=1S/C19H26N4O2/c1-14(2)11-12-19(3,25)13-20-17-10-9-16(22-23-17)18(24)21-15-7-5-4-6-8-15/h4-10,14,25H,11-13H2,1-3H3,(H,20,23)(H,21,24). The molecule has 0 aliphatic heterocycles. The highest BCUT2D eigenvalue weighted by Gasteiger charge is 2.20. The van der Waals surface area contributed by atoms with Crippen molar-refractivity contribution in [2.45, 2.75) is 39.2 Å². The molecule has 1 aromatic carbocycles. The summed E-state index contributed by atoms with van der Waals surface area (Å²) in [6, 6.07) is 12.5. The highest BCUT2D eigenvalue weighted by atomic mass is 16.3. The first-order valence-electron chi connectivity index (χ1n) is 8.52. The number of nitrogens with zero attached hydrogens (tertiary/aromatic N) is 2. The third-order valence-corrected chi connectivity index (χ3v) is 3.84. The van der Waals surface area contributed by atoms with Gasteiger partial charge in [0.1, 0.15) is 5.82 Å². The lowest BCUT2D eigenvalue weighted by molar-refractivity contribution is 0.0585. The van der Waals surface area contributed by atoms with Crippen LogP contribution in [0.15, 0.2) is 42.5 Å². The molecule has 2 aromatic rings. The Morgan fingerprint density at radius 1 is 1.16 bits per heavy atom. The molecule has 0 aliphatic rings. The fourth-order valence-corrected chi connectivity index (χ4v) is 2.23. The molecule has 0 bridgehead atoms. The summed E-state index contributed by atoms with van der Waals surface area (Å²) in [6.07, 6.45) is 1.67. The van der Waals surface area contributed by atoms with Gasteiger partial charge in [0, 0.05) is 12.2 Å². The van der Waals surface area contributed by atoms with E-state index in [0.717, 1.165) is 6.42 Å². The van der Waals surface area contributed by atoms with Crippen LogP contribution in [0.1, 0.15) is 44.1 Å². The van der Waals surface area contributed by atoms with Crippen LogP contribution in [0.3, 0.4) is 0 Å². The molecule has 1 unspecified atom stereocenters. The van der Waals surface area contributed by atoms with Crippen molar-refractivity contribution in [3.63, 3.8) is 0 Å². The molecule has 1 aromatic heterocycles. The minimum atomic E-state index is -0.810. The summed E-state index contributed by atoms with van der Waals surface area (Å²) in [6.45, 7) is 6.45. The highest BCUT2D eigenvalue weighted by Crippen LogP contribution is 2.17. The van der Waals surface area contributed by atoms with E-state index < -0.39 is 5.60 Å². The van der Waals surface area contributed by atoms with Gasteiger partial charge in [-0.1, -0.05) is 32.0 Å². The zero-order chi connectivity index (χ0) is 18.3. The SMILES string of the molecule is CC(C)CCC(C)(O)CNc1ccc(C(=O)Nc2ccccc2)nn1. The van der Waals surface area contributed by atoms with Crippen LogP contribution >= 0.6 is 0 Å². The van der Waals surface area contributed by atoms with E-state index in [9.17, 15) is 9.90 Å². The average Bonchev–Trinajstić information content (AvgIpc) is 2.60. The molecule has 134 valence electrons. The number of benzene rings is 1. The van der Waals surface area contributed by atoms with E-state index in [1.165, 1.54) is 0 Å². The summed E-state index contributed by atoms with van der Waals surface area (Å²) in [7, 11) is 0. The number of para-hydroxylation sites is 1. The Morgan fingerprint density at radius 3 is 2.48 bits per heavy atom. The summed E-state index contributed by atoms with van der Waals surface area (Å²) in [5, 5.41) is 24.1. The molecule has 1 heterocycles. The molecule has 6 nitrogen and oxygen atoms in total. The summed E-state index contributed by atoms with van der Waals surface area (Å²) < 4.78 is 0. The maximum absolute atomic E-state index is 12.1. The smallest absolute Gasteiger partial charge is 0.276 e. The summed E-state index contributed by atoms with van der Waals surface area (Å²) in [4.78, 5) is 12.1. The van der Waals surface area contributed by atoms with Gasteiger partial charge < -0.3 is 15.7 Å². The third kappa shape index (κ3) is 6.51. The van der Waals surface area contributed by atoms with E-state index >= 15 is 0 Å². The summed E-state index contributed by atoms with van der Waals surface area (Å²) in [5.74, 6) is 0.768. The van der Waals surface area contributed by atoms with Crippen LogP contribution in [0.2, 0.25) is 0 Å². The molecule has 0 spiro atoms. The predicted molar refractivity (Wildman–Crippen MR) is 99.6 cm³/mol.